The maximum Gasteiger partial charge on any atom is 0.227 e. The van der Waals surface area contributed by atoms with Gasteiger partial charge in [-0.2, -0.15) is 0 Å². The van der Waals surface area contributed by atoms with E-state index in [1.165, 1.54) is 12.1 Å². The van der Waals surface area contributed by atoms with E-state index in [1.807, 2.05) is 36.9 Å². The number of hydrogen-bond acceptors (Lipinski definition) is 2. The normalized spacial score (nSPS) is 15.0. The number of amides is 1. The molecule has 0 bridgehead atoms. The summed E-state index contributed by atoms with van der Waals surface area (Å²) in [5.41, 5.74) is 3.80. The molecule has 2 aromatic rings. The minimum Gasteiger partial charge on any atom is -0.356 e. The van der Waals surface area contributed by atoms with E-state index >= 15 is 0 Å². The molecule has 1 heterocycles. The van der Waals surface area contributed by atoms with Crippen molar-refractivity contribution in [1.29, 1.82) is 0 Å². The van der Waals surface area contributed by atoms with Crippen LogP contribution in [0.2, 0.25) is 0 Å². The van der Waals surface area contributed by atoms with Crippen molar-refractivity contribution < 1.29 is 9.18 Å². The minimum absolute atomic E-state index is 0.0433. The number of nitrogens with one attached hydrogen (secondary N) is 2. The van der Waals surface area contributed by atoms with E-state index in [0.717, 1.165) is 35.5 Å². The summed E-state index contributed by atoms with van der Waals surface area (Å²) >= 11 is 5.38. The average molecular weight is 371 g/mol. The Morgan fingerprint density at radius 2 is 1.96 bits per heavy atom. The van der Waals surface area contributed by atoms with Crippen molar-refractivity contribution in [3.8, 4) is 0 Å². The number of thiocarbonyl (C=S) groups is 1. The standard InChI is InChI=1S/C20H22FN3OS/c1-13-12-17(9-10-18(13)24-11-3-4-19(24)25)23-20(26)22-14(2)15-5-7-16(21)8-6-15/h5-10,12,14H,3-4,11H2,1-2H3,(H2,22,23,26). The van der Waals surface area contributed by atoms with E-state index in [4.69, 9.17) is 12.2 Å². The molecule has 1 aliphatic heterocycles. The highest BCUT2D eigenvalue weighted by atomic mass is 32.1. The molecule has 0 saturated carbocycles. The van der Waals surface area contributed by atoms with E-state index in [1.54, 1.807) is 12.1 Å². The molecule has 1 aliphatic rings. The molecule has 0 spiro atoms. The smallest absolute Gasteiger partial charge is 0.227 e. The van der Waals surface area contributed by atoms with Gasteiger partial charge in [-0.15, -0.1) is 0 Å². The fourth-order valence-corrected chi connectivity index (χ4v) is 3.43. The lowest BCUT2D eigenvalue weighted by Crippen LogP contribution is -2.31. The Labute approximate surface area is 158 Å². The Morgan fingerprint density at radius 1 is 1.23 bits per heavy atom. The highest BCUT2D eigenvalue weighted by Gasteiger charge is 2.22. The van der Waals surface area contributed by atoms with Crippen LogP contribution in [0.3, 0.4) is 0 Å². The van der Waals surface area contributed by atoms with Crippen LogP contribution in [-0.2, 0) is 4.79 Å². The van der Waals surface area contributed by atoms with Gasteiger partial charge in [-0.05, 0) is 73.9 Å². The molecule has 1 fully saturated rings. The first-order chi connectivity index (χ1) is 12.4. The van der Waals surface area contributed by atoms with Gasteiger partial charge < -0.3 is 15.5 Å². The zero-order valence-electron chi connectivity index (χ0n) is 14.9. The van der Waals surface area contributed by atoms with E-state index in [-0.39, 0.29) is 17.8 Å². The molecule has 136 valence electrons. The second-order valence-electron chi connectivity index (χ2n) is 6.52. The van der Waals surface area contributed by atoms with Crippen LogP contribution in [0.1, 0.15) is 36.9 Å². The quantitative estimate of drug-likeness (QED) is 0.786. The number of nitrogens with zero attached hydrogens (tertiary/aromatic N) is 1. The molecule has 3 rings (SSSR count). The number of carbonyl (C=O) groups excluding carboxylic acids is 1. The highest BCUT2D eigenvalue weighted by Crippen LogP contribution is 2.27. The van der Waals surface area contributed by atoms with E-state index in [9.17, 15) is 9.18 Å². The zero-order chi connectivity index (χ0) is 18.7. The van der Waals surface area contributed by atoms with Crippen molar-refractivity contribution >= 4 is 34.6 Å². The zero-order valence-corrected chi connectivity index (χ0v) is 15.7. The molecule has 2 aromatic carbocycles. The third-order valence-electron chi connectivity index (χ3n) is 4.54. The predicted molar refractivity (Wildman–Crippen MR) is 107 cm³/mol. The third-order valence-corrected chi connectivity index (χ3v) is 4.76. The van der Waals surface area contributed by atoms with Gasteiger partial charge in [0.2, 0.25) is 5.91 Å². The Hall–Kier alpha value is -2.47. The number of anilines is 2. The number of benzene rings is 2. The predicted octanol–water partition coefficient (Wildman–Crippen LogP) is 4.31. The Balaban J connectivity index is 1.63. The van der Waals surface area contributed by atoms with Crippen LogP contribution in [0.25, 0.3) is 0 Å². The lowest BCUT2D eigenvalue weighted by atomic mass is 10.1. The SMILES string of the molecule is Cc1cc(NC(=S)NC(C)c2ccc(F)cc2)ccc1N1CCCC1=O. The van der Waals surface area contributed by atoms with E-state index < -0.39 is 0 Å². The van der Waals surface area contributed by atoms with Gasteiger partial charge in [-0.1, -0.05) is 12.1 Å². The summed E-state index contributed by atoms with van der Waals surface area (Å²) < 4.78 is 13.0. The summed E-state index contributed by atoms with van der Waals surface area (Å²) in [6.07, 6.45) is 1.53. The number of hydrogen-bond donors (Lipinski definition) is 2. The summed E-state index contributed by atoms with van der Waals surface area (Å²) in [4.78, 5) is 13.8. The van der Waals surface area contributed by atoms with Crippen LogP contribution in [0.4, 0.5) is 15.8 Å². The van der Waals surface area contributed by atoms with Crippen LogP contribution in [0.5, 0.6) is 0 Å². The van der Waals surface area contributed by atoms with Crippen molar-refractivity contribution in [2.24, 2.45) is 0 Å². The maximum atomic E-state index is 13.0. The lowest BCUT2D eigenvalue weighted by molar-refractivity contribution is -0.117. The van der Waals surface area contributed by atoms with Crippen molar-refractivity contribution in [3.63, 3.8) is 0 Å². The van der Waals surface area contributed by atoms with Crippen molar-refractivity contribution in [3.05, 3.63) is 59.4 Å². The number of rotatable bonds is 4. The van der Waals surface area contributed by atoms with E-state index in [0.29, 0.717) is 11.5 Å². The molecule has 0 radical (unpaired) electrons. The Kier molecular flexibility index (Phi) is 5.52. The monoisotopic (exact) mass is 371 g/mol. The minimum atomic E-state index is -0.256. The van der Waals surface area contributed by atoms with Gasteiger partial charge in [0.25, 0.3) is 0 Å². The first-order valence-electron chi connectivity index (χ1n) is 8.68. The van der Waals surface area contributed by atoms with E-state index in [2.05, 4.69) is 10.6 Å². The molecule has 0 aliphatic carbocycles. The molecule has 6 heteroatoms. The molecule has 0 aromatic heterocycles. The Morgan fingerprint density at radius 3 is 2.58 bits per heavy atom. The van der Waals surface area contributed by atoms with Crippen LogP contribution >= 0.6 is 12.2 Å². The largest absolute Gasteiger partial charge is 0.356 e. The van der Waals surface area contributed by atoms with Crippen molar-refractivity contribution in [2.45, 2.75) is 32.7 Å². The molecule has 1 amide bonds. The summed E-state index contributed by atoms with van der Waals surface area (Å²) in [5, 5.41) is 6.85. The van der Waals surface area contributed by atoms with Gasteiger partial charge in [0, 0.05) is 24.3 Å². The van der Waals surface area contributed by atoms with Crippen LogP contribution in [-0.4, -0.2) is 17.6 Å². The average Bonchev–Trinajstić information content (AvgIpc) is 3.01. The van der Waals surface area contributed by atoms with Gasteiger partial charge in [0.15, 0.2) is 5.11 Å². The second-order valence-corrected chi connectivity index (χ2v) is 6.93. The van der Waals surface area contributed by atoms with Crippen molar-refractivity contribution in [2.75, 3.05) is 16.8 Å². The molecule has 2 N–H and O–H groups in total. The number of carbonyl (C=O) groups is 1. The Bertz CT molecular complexity index is 822. The molecular weight excluding hydrogens is 349 g/mol. The maximum absolute atomic E-state index is 13.0. The second kappa shape index (κ2) is 7.83. The molecule has 4 nitrogen and oxygen atoms in total. The molecule has 1 atom stereocenters. The highest BCUT2D eigenvalue weighted by molar-refractivity contribution is 7.80. The number of aryl methyl sites for hydroxylation is 1. The van der Waals surface area contributed by atoms with Crippen LogP contribution < -0.4 is 15.5 Å². The first kappa shape index (κ1) is 18.3. The van der Waals surface area contributed by atoms with Gasteiger partial charge in [-0.25, -0.2) is 4.39 Å². The topological polar surface area (TPSA) is 44.4 Å². The molecular formula is C20H22FN3OS. The molecule has 1 saturated heterocycles. The molecule has 1 unspecified atom stereocenters. The van der Waals surface area contributed by atoms with Gasteiger partial charge in [0.1, 0.15) is 5.82 Å². The third kappa shape index (κ3) is 4.19. The summed E-state index contributed by atoms with van der Waals surface area (Å²) in [6, 6.07) is 12.2. The summed E-state index contributed by atoms with van der Waals surface area (Å²) in [7, 11) is 0. The van der Waals surface area contributed by atoms with Crippen LogP contribution in [0.15, 0.2) is 42.5 Å². The lowest BCUT2D eigenvalue weighted by Gasteiger charge is -2.20. The number of halogens is 1. The van der Waals surface area contributed by atoms with Gasteiger partial charge in [-0.3, -0.25) is 4.79 Å². The summed E-state index contributed by atoms with van der Waals surface area (Å²) in [6.45, 7) is 4.74. The van der Waals surface area contributed by atoms with Crippen LogP contribution in [0, 0.1) is 12.7 Å². The van der Waals surface area contributed by atoms with Gasteiger partial charge >= 0.3 is 0 Å². The fourth-order valence-electron chi connectivity index (χ4n) is 3.14. The molecule has 26 heavy (non-hydrogen) atoms. The van der Waals surface area contributed by atoms with Crippen molar-refractivity contribution in [1.82, 2.24) is 5.32 Å². The summed E-state index contributed by atoms with van der Waals surface area (Å²) in [5.74, 6) is -0.0761. The first-order valence-corrected chi connectivity index (χ1v) is 9.09. The fraction of sp³-hybridized carbons (Fsp3) is 0.300. The van der Waals surface area contributed by atoms with Gasteiger partial charge in [0.05, 0.1) is 6.04 Å².